The van der Waals surface area contributed by atoms with E-state index in [1.54, 1.807) is 14.1 Å². The minimum absolute atomic E-state index is 0.0914. The summed E-state index contributed by atoms with van der Waals surface area (Å²) in [6.07, 6.45) is -4.88. The Hall–Kier alpha value is -2.61. The number of likely N-dealkylation sites (N-methyl/N-ethyl adjacent to an activating group) is 1. The zero-order chi connectivity index (χ0) is 23.5. The Kier molecular flexibility index (Phi) is 7.70. The van der Waals surface area contributed by atoms with Crippen molar-refractivity contribution in [3.05, 3.63) is 33.1 Å². The first-order chi connectivity index (χ1) is 14.4. The lowest BCUT2D eigenvalue weighted by atomic mass is 10.1. The van der Waals surface area contributed by atoms with E-state index >= 15 is 4.39 Å². The number of aliphatic hydroxyl groups is 2. The predicted molar refractivity (Wildman–Crippen MR) is 101 cm³/mol. The molecular weight excluding hydrogens is 421 g/mol. The molecule has 1 aromatic rings. The molecule has 0 saturated carbocycles. The van der Waals surface area contributed by atoms with Gasteiger partial charge in [-0.25, -0.2) is 13.8 Å². The summed E-state index contributed by atoms with van der Waals surface area (Å²) in [5.41, 5.74) is -1.89. The molecule has 1 saturated heterocycles. The fourth-order valence-corrected chi connectivity index (χ4v) is 2.71. The molecular formula is C18H26FN3O9. The van der Waals surface area contributed by atoms with Crippen molar-refractivity contribution in [3.8, 4) is 0 Å². The summed E-state index contributed by atoms with van der Waals surface area (Å²) < 4.78 is 30.9. The number of esters is 2. The Balaban J connectivity index is 2.24. The average molecular weight is 447 g/mol. The van der Waals surface area contributed by atoms with Gasteiger partial charge in [-0.05, 0) is 14.1 Å². The van der Waals surface area contributed by atoms with E-state index < -0.39 is 66.7 Å². The standard InChI is InChI=1S/C18H26FN3O9/c1-10(2)16(27)29-8-18(19)14(26)13(25)15(31-18)21-6-5-11(23)22(17(21)28)9-30-12(24)7-20(3)4/h5-6,10,13-15,25-26H,7-9H2,1-4H3/t13-,14+,15-,18-/m1/s1. The van der Waals surface area contributed by atoms with Gasteiger partial charge in [0, 0.05) is 12.3 Å². The van der Waals surface area contributed by atoms with Gasteiger partial charge in [-0.1, -0.05) is 13.8 Å². The number of carbonyl (C=O) groups excluding carboxylic acids is 2. The van der Waals surface area contributed by atoms with E-state index in [4.69, 9.17) is 14.2 Å². The van der Waals surface area contributed by atoms with E-state index in [-0.39, 0.29) is 6.54 Å². The number of aromatic nitrogens is 2. The number of hydrogen-bond acceptors (Lipinski definition) is 10. The van der Waals surface area contributed by atoms with Gasteiger partial charge in [0.15, 0.2) is 19.6 Å². The van der Waals surface area contributed by atoms with Crippen LogP contribution in [0.3, 0.4) is 0 Å². The molecule has 1 aliphatic heterocycles. The van der Waals surface area contributed by atoms with Crippen LogP contribution in [0.5, 0.6) is 0 Å². The third kappa shape index (κ3) is 5.55. The lowest BCUT2D eigenvalue weighted by Crippen LogP contribution is -2.44. The van der Waals surface area contributed by atoms with Gasteiger partial charge in [0.25, 0.3) is 11.4 Å². The summed E-state index contributed by atoms with van der Waals surface area (Å²) in [7, 11) is 3.24. The van der Waals surface area contributed by atoms with Crippen molar-refractivity contribution < 1.29 is 38.4 Å². The molecule has 2 N–H and O–H groups in total. The summed E-state index contributed by atoms with van der Waals surface area (Å²) in [6, 6.07) is 0.917. The average Bonchev–Trinajstić information content (AvgIpc) is 2.90. The second-order valence-corrected chi connectivity index (χ2v) is 7.65. The normalized spacial score (nSPS) is 25.8. The summed E-state index contributed by atoms with van der Waals surface area (Å²) in [6.45, 7) is 1.21. The van der Waals surface area contributed by atoms with Crippen LogP contribution in [0.2, 0.25) is 0 Å². The van der Waals surface area contributed by atoms with Gasteiger partial charge in [0.05, 0.1) is 12.5 Å². The predicted octanol–water partition coefficient (Wildman–Crippen LogP) is -1.81. The molecule has 0 unspecified atom stereocenters. The highest BCUT2D eigenvalue weighted by Gasteiger charge is 2.57. The van der Waals surface area contributed by atoms with Gasteiger partial charge >= 0.3 is 17.6 Å². The van der Waals surface area contributed by atoms with Crippen molar-refractivity contribution in [2.75, 3.05) is 27.2 Å². The lowest BCUT2D eigenvalue weighted by Gasteiger charge is -2.23. The third-order valence-electron chi connectivity index (χ3n) is 4.43. The van der Waals surface area contributed by atoms with Crippen LogP contribution in [0, 0.1) is 5.92 Å². The van der Waals surface area contributed by atoms with E-state index in [1.807, 2.05) is 0 Å². The second kappa shape index (κ2) is 9.68. The van der Waals surface area contributed by atoms with Crippen molar-refractivity contribution in [2.24, 2.45) is 5.92 Å². The van der Waals surface area contributed by atoms with Crippen molar-refractivity contribution in [3.63, 3.8) is 0 Å². The number of aliphatic hydroxyl groups excluding tert-OH is 2. The van der Waals surface area contributed by atoms with Crippen LogP contribution in [0.15, 0.2) is 21.9 Å². The number of halogens is 1. The van der Waals surface area contributed by atoms with E-state index in [2.05, 4.69) is 0 Å². The molecule has 1 aromatic heterocycles. The summed E-state index contributed by atoms with van der Waals surface area (Å²) in [5, 5.41) is 20.3. The molecule has 1 aliphatic rings. The molecule has 0 aliphatic carbocycles. The molecule has 0 amide bonds. The third-order valence-corrected chi connectivity index (χ3v) is 4.43. The Morgan fingerprint density at radius 2 is 1.94 bits per heavy atom. The SMILES string of the molecule is CC(C)C(=O)OC[C@@]1(F)O[C@@H](n2ccc(=O)n(COC(=O)CN(C)C)c2=O)[C@H](O)[C@@H]1O. The van der Waals surface area contributed by atoms with Gasteiger partial charge in [-0.15, -0.1) is 0 Å². The van der Waals surface area contributed by atoms with Gasteiger partial charge < -0.3 is 24.4 Å². The van der Waals surface area contributed by atoms with E-state index in [9.17, 15) is 29.4 Å². The molecule has 0 radical (unpaired) electrons. The fourth-order valence-electron chi connectivity index (χ4n) is 2.71. The molecule has 0 spiro atoms. The maximum Gasteiger partial charge on any atom is 0.335 e. The molecule has 2 rings (SSSR count). The van der Waals surface area contributed by atoms with E-state index in [0.717, 1.165) is 12.3 Å². The smallest absolute Gasteiger partial charge is 0.335 e. The number of hydrogen-bond donors (Lipinski definition) is 2. The Labute approximate surface area is 176 Å². The first-order valence-corrected chi connectivity index (χ1v) is 9.39. The molecule has 1 fully saturated rings. The van der Waals surface area contributed by atoms with Crippen LogP contribution in [-0.4, -0.2) is 81.5 Å². The van der Waals surface area contributed by atoms with Gasteiger partial charge in [-0.2, -0.15) is 0 Å². The van der Waals surface area contributed by atoms with Crippen LogP contribution >= 0.6 is 0 Å². The van der Waals surface area contributed by atoms with E-state index in [0.29, 0.717) is 9.13 Å². The molecule has 31 heavy (non-hydrogen) atoms. The largest absolute Gasteiger partial charge is 0.459 e. The number of alkyl halides is 1. The Morgan fingerprint density at radius 3 is 2.52 bits per heavy atom. The number of rotatable bonds is 8. The second-order valence-electron chi connectivity index (χ2n) is 7.65. The van der Waals surface area contributed by atoms with Crippen LogP contribution in [0.25, 0.3) is 0 Å². The highest BCUT2D eigenvalue weighted by atomic mass is 19.2. The number of carbonyl (C=O) groups is 2. The lowest BCUT2D eigenvalue weighted by molar-refractivity contribution is -0.218. The summed E-state index contributed by atoms with van der Waals surface area (Å²) in [4.78, 5) is 49.5. The zero-order valence-electron chi connectivity index (χ0n) is 17.6. The van der Waals surface area contributed by atoms with Crippen molar-refractivity contribution >= 4 is 11.9 Å². The quantitative estimate of drug-likeness (QED) is 0.437. The molecule has 4 atom stereocenters. The minimum atomic E-state index is -2.99. The molecule has 12 nitrogen and oxygen atoms in total. The van der Waals surface area contributed by atoms with Gasteiger partial charge in [0.2, 0.25) is 0 Å². The number of nitrogens with zero attached hydrogens (tertiary/aromatic N) is 3. The fraction of sp³-hybridized carbons (Fsp3) is 0.667. The van der Waals surface area contributed by atoms with Crippen LogP contribution in [0.4, 0.5) is 4.39 Å². The Morgan fingerprint density at radius 1 is 1.29 bits per heavy atom. The van der Waals surface area contributed by atoms with Crippen LogP contribution in [-0.2, 0) is 30.5 Å². The highest BCUT2D eigenvalue weighted by molar-refractivity contribution is 5.71. The zero-order valence-corrected chi connectivity index (χ0v) is 17.6. The molecule has 2 heterocycles. The summed E-state index contributed by atoms with van der Waals surface area (Å²) in [5.74, 6) is -5.01. The summed E-state index contributed by atoms with van der Waals surface area (Å²) >= 11 is 0. The Bertz CT molecular complexity index is 929. The molecule has 13 heteroatoms. The maximum atomic E-state index is 15.0. The van der Waals surface area contributed by atoms with Crippen molar-refractivity contribution in [1.82, 2.24) is 14.0 Å². The highest BCUT2D eigenvalue weighted by Crippen LogP contribution is 2.38. The van der Waals surface area contributed by atoms with E-state index in [1.165, 1.54) is 18.7 Å². The minimum Gasteiger partial charge on any atom is -0.459 e. The maximum absolute atomic E-state index is 15.0. The van der Waals surface area contributed by atoms with Crippen molar-refractivity contribution in [1.29, 1.82) is 0 Å². The van der Waals surface area contributed by atoms with Crippen molar-refractivity contribution in [2.45, 2.75) is 44.9 Å². The topological polar surface area (TPSA) is 150 Å². The monoisotopic (exact) mass is 447 g/mol. The van der Waals surface area contributed by atoms with Gasteiger partial charge in [0.1, 0.15) is 12.2 Å². The molecule has 174 valence electrons. The molecule has 0 bridgehead atoms. The first-order valence-electron chi connectivity index (χ1n) is 9.39. The van der Waals surface area contributed by atoms with Gasteiger partial charge in [-0.3, -0.25) is 23.9 Å². The van der Waals surface area contributed by atoms with Crippen LogP contribution in [0.1, 0.15) is 20.1 Å². The number of ether oxygens (including phenoxy) is 3. The van der Waals surface area contributed by atoms with Crippen LogP contribution < -0.4 is 11.2 Å². The molecule has 0 aromatic carbocycles. The first kappa shape index (κ1) is 24.7.